The van der Waals surface area contributed by atoms with Gasteiger partial charge in [0.05, 0.1) is 0 Å². The molecule has 0 unspecified atom stereocenters. The van der Waals surface area contributed by atoms with Crippen LogP contribution in [0.1, 0.15) is 30.5 Å². The highest BCUT2D eigenvalue weighted by Gasteiger charge is 2.20. The van der Waals surface area contributed by atoms with Crippen LogP contribution in [0.5, 0.6) is 5.75 Å². The second-order valence-electron chi connectivity index (χ2n) is 6.27. The molecule has 0 aromatic carbocycles. The van der Waals surface area contributed by atoms with Gasteiger partial charge in [0.1, 0.15) is 5.75 Å². The van der Waals surface area contributed by atoms with Gasteiger partial charge in [0.15, 0.2) is 6.61 Å². The molecular formula is C17H25N3O2. The minimum Gasteiger partial charge on any atom is -0.483 e. The lowest BCUT2D eigenvalue weighted by molar-refractivity contribution is -0.133. The molecule has 5 heteroatoms. The number of aryl methyl sites for hydroxylation is 1. The summed E-state index contributed by atoms with van der Waals surface area (Å²) in [5.74, 6) is 0.946. The molecule has 0 N–H and O–H groups in total. The first-order chi connectivity index (χ1) is 10.7. The predicted molar refractivity (Wildman–Crippen MR) is 85.1 cm³/mol. The Labute approximate surface area is 132 Å². The Bertz CT molecular complexity index is 533. The quantitative estimate of drug-likeness (QED) is 0.849. The number of pyridine rings is 1. The molecule has 0 saturated carbocycles. The number of amides is 1. The molecule has 2 heterocycles. The molecule has 120 valence electrons. The van der Waals surface area contributed by atoms with E-state index < -0.39 is 0 Å². The Morgan fingerprint density at radius 1 is 1.18 bits per heavy atom. The molecule has 22 heavy (non-hydrogen) atoms. The molecule has 0 spiro atoms. The SMILES string of the molecule is CN1CCCN(C(=O)COc2ccnc3c2CCCC3)CC1. The van der Waals surface area contributed by atoms with Gasteiger partial charge in [-0.2, -0.15) is 0 Å². The summed E-state index contributed by atoms with van der Waals surface area (Å²) in [4.78, 5) is 21.0. The van der Waals surface area contributed by atoms with Crippen LogP contribution in [0.25, 0.3) is 0 Å². The summed E-state index contributed by atoms with van der Waals surface area (Å²) in [6.45, 7) is 3.77. The Morgan fingerprint density at radius 3 is 2.95 bits per heavy atom. The second kappa shape index (κ2) is 7.09. The lowest BCUT2D eigenvalue weighted by Gasteiger charge is -2.22. The third-order valence-electron chi connectivity index (χ3n) is 4.62. The van der Waals surface area contributed by atoms with E-state index in [1.54, 1.807) is 6.20 Å². The van der Waals surface area contributed by atoms with Gasteiger partial charge in [0.2, 0.25) is 0 Å². The summed E-state index contributed by atoms with van der Waals surface area (Å²) < 4.78 is 5.84. The van der Waals surface area contributed by atoms with Crippen molar-refractivity contribution < 1.29 is 9.53 Å². The van der Waals surface area contributed by atoms with Gasteiger partial charge in [-0.1, -0.05) is 0 Å². The van der Waals surface area contributed by atoms with Gasteiger partial charge < -0.3 is 14.5 Å². The van der Waals surface area contributed by atoms with E-state index in [0.717, 1.165) is 56.9 Å². The Kier molecular flexibility index (Phi) is 4.93. The molecule has 0 bridgehead atoms. The number of nitrogens with zero attached hydrogens (tertiary/aromatic N) is 3. The van der Waals surface area contributed by atoms with Crippen LogP contribution in [0.3, 0.4) is 0 Å². The normalized spacial score (nSPS) is 19.4. The molecule has 1 aliphatic carbocycles. The van der Waals surface area contributed by atoms with Crippen LogP contribution < -0.4 is 4.74 Å². The minimum atomic E-state index is 0.0941. The van der Waals surface area contributed by atoms with Crippen molar-refractivity contribution in [2.75, 3.05) is 39.8 Å². The smallest absolute Gasteiger partial charge is 0.260 e. The molecule has 1 aliphatic heterocycles. The molecule has 1 amide bonds. The molecule has 1 aromatic rings. The topological polar surface area (TPSA) is 45.7 Å². The van der Waals surface area contributed by atoms with Crippen molar-refractivity contribution in [2.24, 2.45) is 0 Å². The fraction of sp³-hybridized carbons (Fsp3) is 0.647. The Balaban J connectivity index is 1.59. The first kappa shape index (κ1) is 15.3. The maximum atomic E-state index is 12.4. The summed E-state index contributed by atoms with van der Waals surface area (Å²) in [6, 6.07) is 1.90. The number of likely N-dealkylation sites (N-methyl/N-ethyl adjacent to an activating group) is 1. The van der Waals surface area contributed by atoms with Gasteiger partial charge >= 0.3 is 0 Å². The van der Waals surface area contributed by atoms with Crippen molar-refractivity contribution in [3.05, 3.63) is 23.5 Å². The van der Waals surface area contributed by atoms with E-state index in [4.69, 9.17) is 4.74 Å². The average molecular weight is 303 g/mol. The summed E-state index contributed by atoms with van der Waals surface area (Å²) in [6.07, 6.45) is 7.25. The van der Waals surface area contributed by atoms with Gasteiger partial charge in [0, 0.05) is 37.1 Å². The van der Waals surface area contributed by atoms with Gasteiger partial charge in [0.25, 0.3) is 5.91 Å². The Hall–Kier alpha value is -1.62. The largest absolute Gasteiger partial charge is 0.483 e. The fourth-order valence-electron chi connectivity index (χ4n) is 3.25. The van der Waals surface area contributed by atoms with Crippen LogP contribution in [-0.2, 0) is 17.6 Å². The highest BCUT2D eigenvalue weighted by atomic mass is 16.5. The van der Waals surface area contributed by atoms with E-state index in [1.807, 2.05) is 11.0 Å². The maximum absolute atomic E-state index is 12.4. The van der Waals surface area contributed by atoms with Crippen molar-refractivity contribution in [2.45, 2.75) is 32.1 Å². The standard InChI is InChI=1S/C17H25N3O2/c1-19-9-4-10-20(12-11-19)17(21)13-22-16-7-8-18-15-6-3-2-5-14(15)16/h7-8H,2-6,9-13H2,1H3. The number of ether oxygens (including phenoxy) is 1. The highest BCUT2D eigenvalue weighted by Crippen LogP contribution is 2.27. The maximum Gasteiger partial charge on any atom is 0.260 e. The minimum absolute atomic E-state index is 0.0941. The molecule has 1 aromatic heterocycles. The number of aromatic nitrogens is 1. The molecule has 0 radical (unpaired) electrons. The number of hydrogen-bond acceptors (Lipinski definition) is 4. The molecule has 3 rings (SSSR count). The zero-order chi connectivity index (χ0) is 15.4. The van der Waals surface area contributed by atoms with Crippen molar-refractivity contribution >= 4 is 5.91 Å². The first-order valence-corrected chi connectivity index (χ1v) is 8.30. The summed E-state index contributed by atoms with van der Waals surface area (Å²) in [5, 5.41) is 0. The van der Waals surface area contributed by atoms with Crippen LogP contribution >= 0.6 is 0 Å². The summed E-state index contributed by atoms with van der Waals surface area (Å²) >= 11 is 0. The van der Waals surface area contributed by atoms with E-state index in [9.17, 15) is 4.79 Å². The molecule has 1 fully saturated rings. The zero-order valence-electron chi connectivity index (χ0n) is 13.4. The van der Waals surface area contributed by atoms with Crippen molar-refractivity contribution in [3.63, 3.8) is 0 Å². The lowest BCUT2D eigenvalue weighted by atomic mass is 9.95. The Morgan fingerprint density at radius 2 is 2.05 bits per heavy atom. The van der Waals surface area contributed by atoms with E-state index >= 15 is 0 Å². The predicted octanol–water partition coefficient (Wildman–Crippen LogP) is 1.50. The van der Waals surface area contributed by atoms with E-state index in [0.29, 0.717) is 0 Å². The number of rotatable bonds is 3. The molecule has 5 nitrogen and oxygen atoms in total. The van der Waals surface area contributed by atoms with Gasteiger partial charge in [-0.3, -0.25) is 9.78 Å². The lowest BCUT2D eigenvalue weighted by Crippen LogP contribution is -2.37. The van der Waals surface area contributed by atoms with Crippen molar-refractivity contribution in [3.8, 4) is 5.75 Å². The average Bonchev–Trinajstić information content (AvgIpc) is 2.77. The van der Waals surface area contributed by atoms with Gasteiger partial charge in [-0.05, 0) is 51.8 Å². The number of carbonyl (C=O) groups is 1. The van der Waals surface area contributed by atoms with Crippen LogP contribution in [0.2, 0.25) is 0 Å². The number of fused-ring (bicyclic) bond motifs is 1. The van der Waals surface area contributed by atoms with Crippen LogP contribution in [0, 0.1) is 0 Å². The third-order valence-corrected chi connectivity index (χ3v) is 4.62. The third kappa shape index (κ3) is 3.58. The zero-order valence-corrected chi connectivity index (χ0v) is 13.4. The fourth-order valence-corrected chi connectivity index (χ4v) is 3.25. The molecular weight excluding hydrogens is 278 g/mol. The van der Waals surface area contributed by atoms with Crippen LogP contribution in [-0.4, -0.2) is 60.5 Å². The van der Waals surface area contributed by atoms with Crippen molar-refractivity contribution in [1.29, 1.82) is 0 Å². The number of carbonyl (C=O) groups excluding carboxylic acids is 1. The van der Waals surface area contributed by atoms with Crippen molar-refractivity contribution in [1.82, 2.24) is 14.8 Å². The van der Waals surface area contributed by atoms with Crippen LogP contribution in [0.15, 0.2) is 12.3 Å². The van der Waals surface area contributed by atoms with E-state index in [1.165, 1.54) is 18.4 Å². The summed E-state index contributed by atoms with van der Waals surface area (Å²) in [7, 11) is 2.10. The molecule has 1 saturated heterocycles. The van der Waals surface area contributed by atoms with Gasteiger partial charge in [-0.25, -0.2) is 0 Å². The first-order valence-electron chi connectivity index (χ1n) is 8.30. The monoisotopic (exact) mass is 303 g/mol. The van der Waals surface area contributed by atoms with E-state index in [-0.39, 0.29) is 12.5 Å². The second-order valence-corrected chi connectivity index (χ2v) is 6.27. The molecule has 0 atom stereocenters. The van der Waals surface area contributed by atoms with Gasteiger partial charge in [-0.15, -0.1) is 0 Å². The highest BCUT2D eigenvalue weighted by molar-refractivity contribution is 5.77. The number of hydrogen-bond donors (Lipinski definition) is 0. The van der Waals surface area contributed by atoms with E-state index in [2.05, 4.69) is 16.9 Å². The molecule has 2 aliphatic rings. The van der Waals surface area contributed by atoms with Crippen LogP contribution in [0.4, 0.5) is 0 Å². The summed E-state index contributed by atoms with van der Waals surface area (Å²) in [5.41, 5.74) is 2.35.